The minimum absolute atomic E-state index is 0.123. The number of hydrogen-bond acceptors (Lipinski definition) is 5. The smallest absolute Gasteiger partial charge is 0.199 e. The lowest BCUT2D eigenvalue weighted by molar-refractivity contribution is -0.481. The van der Waals surface area contributed by atoms with Crippen molar-refractivity contribution in [3.63, 3.8) is 0 Å². The maximum atomic E-state index is 6.37. The molecular weight excluding hydrogens is 320 g/mol. The highest BCUT2D eigenvalue weighted by molar-refractivity contribution is 4.98. The molecule has 0 aromatic heterocycles. The zero-order valence-electron chi connectivity index (χ0n) is 17.0. The van der Waals surface area contributed by atoms with Gasteiger partial charge in [-0.05, 0) is 58.8 Å². The van der Waals surface area contributed by atoms with Crippen molar-refractivity contribution in [2.75, 3.05) is 7.11 Å². The minimum atomic E-state index is -0.594. The second kappa shape index (κ2) is 6.75. The van der Waals surface area contributed by atoms with Crippen LogP contribution in [0.25, 0.3) is 0 Å². The molecule has 3 fully saturated rings. The first kappa shape index (κ1) is 19.6. The van der Waals surface area contributed by atoms with Crippen molar-refractivity contribution >= 4 is 0 Å². The Hall–Kier alpha value is -0.200. The van der Waals surface area contributed by atoms with E-state index in [1.165, 1.54) is 19.3 Å². The van der Waals surface area contributed by atoms with Gasteiger partial charge in [0.2, 0.25) is 0 Å². The summed E-state index contributed by atoms with van der Waals surface area (Å²) in [7, 11) is 1.72. The molecular formula is C20H36O5. The molecule has 0 aromatic carbocycles. The van der Waals surface area contributed by atoms with E-state index in [9.17, 15) is 0 Å². The van der Waals surface area contributed by atoms with Gasteiger partial charge in [-0.15, -0.1) is 0 Å². The molecule has 2 heterocycles. The minimum Gasteiger partial charge on any atom is -0.353 e. The van der Waals surface area contributed by atoms with Crippen molar-refractivity contribution in [2.24, 2.45) is 23.2 Å². The fraction of sp³-hybridized carbons (Fsp3) is 1.00. The molecule has 0 N–H and O–H groups in total. The van der Waals surface area contributed by atoms with Gasteiger partial charge >= 0.3 is 0 Å². The first-order chi connectivity index (χ1) is 11.6. The van der Waals surface area contributed by atoms with Crippen LogP contribution in [0.3, 0.4) is 0 Å². The van der Waals surface area contributed by atoms with Crippen LogP contribution in [0.4, 0.5) is 0 Å². The van der Waals surface area contributed by atoms with Crippen molar-refractivity contribution in [3.8, 4) is 0 Å². The average Bonchev–Trinajstić information content (AvgIpc) is 2.67. The van der Waals surface area contributed by atoms with Crippen molar-refractivity contribution in [1.29, 1.82) is 0 Å². The zero-order valence-corrected chi connectivity index (χ0v) is 17.0. The predicted molar refractivity (Wildman–Crippen MR) is 94.4 cm³/mol. The molecule has 0 radical (unpaired) electrons. The van der Waals surface area contributed by atoms with Gasteiger partial charge < -0.3 is 14.2 Å². The van der Waals surface area contributed by atoms with E-state index in [1.54, 1.807) is 7.11 Å². The Morgan fingerprint density at radius 2 is 1.76 bits per heavy atom. The Kier molecular flexibility index (Phi) is 5.28. The van der Waals surface area contributed by atoms with Crippen LogP contribution in [0, 0.1) is 23.2 Å². The van der Waals surface area contributed by atoms with E-state index in [4.69, 9.17) is 24.0 Å². The van der Waals surface area contributed by atoms with Crippen LogP contribution in [0.2, 0.25) is 0 Å². The van der Waals surface area contributed by atoms with Crippen LogP contribution in [0.5, 0.6) is 0 Å². The summed E-state index contributed by atoms with van der Waals surface area (Å²) in [6.45, 7) is 12.4. The first-order valence-electron chi connectivity index (χ1n) is 9.79. The van der Waals surface area contributed by atoms with E-state index in [1.807, 2.05) is 27.7 Å². The van der Waals surface area contributed by atoms with Crippen molar-refractivity contribution in [1.82, 2.24) is 0 Å². The van der Waals surface area contributed by atoms with Gasteiger partial charge in [0.05, 0.1) is 5.60 Å². The fourth-order valence-electron chi connectivity index (χ4n) is 4.84. The molecule has 5 nitrogen and oxygen atoms in total. The van der Waals surface area contributed by atoms with Gasteiger partial charge in [0.1, 0.15) is 0 Å². The van der Waals surface area contributed by atoms with E-state index in [2.05, 4.69) is 13.8 Å². The summed E-state index contributed by atoms with van der Waals surface area (Å²) in [4.78, 5) is 11.4. The van der Waals surface area contributed by atoms with Gasteiger partial charge in [-0.3, -0.25) is 0 Å². The topological polar surface area (TPSA) is 46.2 Å². The Balaban J connectivity index is 1.86. The van der Waals surface area contributed by atoms with Crippen molar-refractivity contribution < 1.29 is 24.0 Å². The summed E-state index contributed by atoms with van der Waals surface area (Å²) in [6, 6.07) is 0. The lowest BCUT2D eigenvalue weighted by Crippen LogP contribution is -2.58. The largest absolute Gasteiger partial charge is 0.353 e. The van der Waals surface area contributed by atoms with Gasteiger partial charge in [-0.1, -0.05) is 20.3 Å². The molecule has 2 saturated heterocycles. The summed E-state index contributed by atoms with van der Waals surface area (Å²) >= 11 is 0. The van der Waals surface area contributed by atoms with Crippen LogP contribution in [-0.2, 0) is 24.0 Å². The average molecular weight is 357 g/mol. The number of hydrogen-bond donors (Lipinski definition) is 0. The highest BCUT2D eigenvalue weighted by atomic mass is 17.2. The Bertz CT molecular complexity index is 471. The standard InChI is InChI=1S/C20H36O5/c1-18(2,3)25-24-17-19(4,5)14-10-8-9-13-11-12-20(6,21-7)23-16(22-17)15(13)14/h13-17H,8-12H2,1-7H3/t13?,14-,15?,16?,17-,20+/m1/s1. The zero-order chi connectivity index (χ0) is 18.5. The van der Waals surface area contributed by atoms with Crippen LogP contribution < -0.4 is 0 Å². The molecule has 1 aliphatic carbocycles. The molecule has 3 unspecified atom stereocenters. The van der Waals surface area contributed by atoms with E-state index >= 15 is 0 Å². The van der Waals surface area contributed by atoms with Gasteiger partial charge in [-0.25, -0.2) is 9.78 Å². The van der Waals surface area contributed by atoms with E-state index < -0.39 is 12.1 Å². The van der Waals surface area contributed by atoms with Gasteiger partial charge in [0.15, 0.2) is 18.4 Å². The quantitative estimate of drug-likeness (QED) is 0.544. The number of methoxy groups -OCH3 is 1. The third kappa shape index (κ3) is 3.91. The van der Waals surface area contributed by atoms with Crippen LogP contribution in [0.1, 0.15) is 73.6 Å². The molecule has 146 valence electrons. The summed E-state index contributed by atoms with van der Waals surface area (Å²) in [5.41, 5.74) is -0.501. The van der Waals surface area contributed by atoms with Crippen LogP contribution in [-0.4, -0.2) is 31.1 Å². The summed E-state index contributed by atoms with van der Waals surface area (Å²) in [5.74, 6) is 0.932. The number of ether oxygens (including phenoxy) is 3. The van der Waals surface area contributed by atoms with Crippen LogP contribution in [0.15, 0.2) is 0 Å². The molecule has 0 bridgehead atoms. The summed E-state index contributed by atoms with van der Waals surface area (Å²) in [6.07, 6.45) is 4.99. The summed E-state index contributed by atoms with van der Waals surface area (Å²) < 4.78 is 18.4. The molecule has 6 atom stereocenters. The molecule has 5 heteroatoms. The molecule has 0 spiro atoms. The number of rotatable bonds is 3. The second-order valence-electron chi connectivity index (χ2n) is 9.82. The lowest BCUT2D eigenvalue weighted by atomic mass is 9.59. The lowest BCUT2D eigenvalue weighted by Gasteiger charge is -2.54. The molecule has 0 amide bonds. The fourth-order valence-corrected chi connectivity index (χ4v) is 4.84. The molecule has 25 heavy (non-hydrogen) atoms. The Labute approximate surface area is 152 Å². The normalized spacial score (nSPS) is 44.0. The third-order valence-electron chi connectivity index (χ3n) is 6.39. The molecule has 2 aliphatic heterocycles. The molecule has 3 aliphatic rings. The van der Waals surface area contributed by atoms with E-state index in [0.717, 1.165) is 12.8 Å². The Morgan fingerprint density at radius 1 is 1.04 bits per heavy atom. The van der Waals surface area contributed by atoms with Gasteiger partial charge in [0, 0.05) is 24.9 Å². The van der Waals surface area contributed by atoms with Gasteiger partial charge in [-0.2, -0.15) is 0 Å². The van der Waals surface area contributed by atoms with Crippen molar-refractivity contribution in [2.45, 2.75) is 97.6 Å². The molecule has 1 saturated carbocycles. The molecule has 0 aromatic rings. The van der Waals surface area contributed by atoms with E-state index in [-0.39, 0.29) is 17.3 Å². The SMILES string of the molecule is CO[C@]1(C)CCC2CCC[C@@H]3C2C(O[C@H](OOC(C)(C)C)C3(C)C)O1. The molecule has 3 rings (SSSR count). The second-order valence-corrected chi connectivity index (χ2v) is 9.82. The van der Waals surface area contributed by atoms with Crippen molar-refractivity contribution in [3.05, 3.63) is 0 Å². The highest BCUT2D eigenvalue weighted by Gasteiger charge is 2.58. The van der Waals surface area contributed by atoms with Gasteiger partial charge in [0.25, 0.3) is 0 Å². The third-order valence-corrected chi connectivity index (χ3v) is 6.39. The summed E-state index contributed by atoms with van der Waals surface area (Å²) in [5, 5.41) is 0. The maximum absolute atomic E-state index is 6.37. The highest BCUT2D eigenvalue weighted by Crippen LogP contribution is 2.56. The first-order valence-corrected chi connectivity index (χ1v) is 9.79. The van der Waals surface area contributed by atoms with E-state index in [0.29, 0.717) is 17.8 Å². The monoisotopic (exact) mass is 356 g/mol. The van der Waals surface area contributed by atoms with Crippen LogP contribution >= 0.6 is 0 Å². The maximum Gasteiger partial charge on any atom is 0.199 e. The predicted octanol–water partition coefficient (Wildman–Crippen LogP) is 4.65. The Morgan fingerprint density at radius 3 is 2.40 bits per heavy atom.